The van der Waals surface area contributed by atoms with Crippen molar-refractivity contribution in [2.75, 3.05) is 54.2 Å². The molecule has 330 valence electrons. The number of benzene rings is 1. The van der Waals surface area contributed by atoms with Crippen LogP contribution in [0.5, 0.6) is 0 Å². The summed E-state index contributed by atoms with van der Waals surface area (Å²) in [5.74, 6) is -3.24. The number of hydrogen-bond acceptors (Lipinski definition) is 10. The Morgan fingerprint density at radius 3 is 2.14 bits per heavy atom. The maximum absolute atomic E-state index is 14.4. The van der Waals surface area contributed by atoms with Gasteiger partial charge in [0.05, 0.1) is 42.7 Å². The Kier molecular flexibility index (Phi) is 22.3. The van der Waals surface area contributed by atoms with Crippen LogP contribution >= 0.6 is 11.9 Å². The first-order valence-electron chi connectivity index (χ1n) is 20.9. The minimum Gasteiger partial charge on any atom is -0.480 e. The van der Waals surface area contributed by atoms with Crippen LogP contribution in [0.3, 0.4) is 0 Å². The Hall–Kier alpha value is -3.24. The Bertz CT molecular complexity index is 1440. The summed E-state index contributed by atoms with van der Waals surface area (Å²) in [6, 6.07) is 5.85. The fourth-order valence-electron chi connectivity index (χ4n) is 8.28. The molecule has 1 aliphatic rings. The highest BCUT2D eigenvalue weighted by molar-refractivity contribution is 7.96. The highest BCUT2D eigenvalue weighted by atomic mass is 32.2. The molecular weight excluding hydrogens is 761 g/mol. The third-order valence-electron chi connectivity index (χ3n) is 11.7. The summed E-state index contributed by atoms with van der Waals surface area (Å²) in [5, 5.41) is 15.7. The number of nitrogens with one attached hydrogen (secondary N) is 3. The molecule has 0 saturated carbocycles. The lowest BCUT2D eigenvalue weighted by Crippen LogP contribution is -2.60. The van der Waals surface area contributed by atoms with Crippen molar-refractivity contribution in [2.24, 2.45) is 23.7 Å². The lowest BCUT2D eigenvalue weighted by atomic mass is 9.89. The molecule has 0 aromatic heterocycles. The molecule has 1 aliphatic heterocycles. The van der Waals surface area contributed by atoms with Gasteiger partial charge in [-0.1, -0.05) is 97.2 Å². The largest absolute Gasteiger partial charge is 0.480 e. The van der Waals surface area contributed by atoms with Gasteiger partial charge in [0, 0.05) is 40.8 Å². The van der Waals surface area contributed by atoms with Gasteiger partial charge in [-0.15, -0.1) is 0 Å². The van der Waals surface area contributed by atoms with E-state index in [1.54, 1.807) is 42.8 Å². The minimum atomic E-state index is -1.14. The molecule has 0 radical (unpaired) electrons. The van der Waals surface area contributed by atoms with Gasteiger partial charge in [0.2, 0.25) is 23.6 Å². The molecule has 15 heteroatoms. The summed E-state index contributed by atoms with van der Waals surface area (Å²) in [6.45, 7) is 15.6. The van der Waals surface area contributed by atoms with Gasteiger partial charge < -0.3 is 35.0 Å². The van der Waals surface area contributed by atoms with E-state index in [0.29, 0.717) is 25.8 Å². The average Bonchev–Trinajstić information content (AvgIpc) is 3.67. The molecule has 58 heavy (non-hydrogen) atoms. The van der Waals surface area contributed by atoms with Gasteiger partial charge in [0.1, 0.15) is 12.1 Å². The van der Waals surface area contributed by atoms with E-state index in [4.69, 9.17) is 9.47 Å². The number of carbonyl (C=O) groups excluding carboxylic acids is 4. The minimum absolute atomic E-state index is 0.0148. The first-order valence-corrected chi connectivity index (χ1v) is 22.1. The van der Waals surface area contributed by atoms with Crippen LogP contribution in [-0.4, -0.2) is 146 Å². The van der Waals surface area contributed by atoms with Crippen molar-refractivity contribution >= 4 is 41.5 Å². The molecule has 2 rings (SSSR count). The van der Waals surface area contributed by atoms with Crippen LogP contribution in [0, 0.1) is 23.7 Å². The maximum Gasteiger partial charge on any atom is 0.326 e. The standard InChI is InChI=1S/C43H74N6O8S/c1-13-29(6)38(48(9)42(53)36(27(2)3)46-41(52)37(28(4)5)47(8)23-18-22-44-58-12)34(56-10)26-35(50)49-24-17-21-33(49)39(57-11)30(7)40(51)45-32(43(54)55)25-31-19-15-14-16-20-31/h14-16,19-20,27-30,32-34,36-39,44H,13,17-18,21-26H2,1-12H3,(H,45,51)(H,46,52)(H,54,55)/t29-,30+,32-,33-,34+,36-,37-,38-,39+/m0/s1. The van der Waals surface area contributed by atoms with Crippen LogP contribution < -0.4 is 15.4 Å². The molecule has 1 fully saturated rings. The van der Waals surface area contributed by atoms with E-state index in [1.807, 2.05) is 90.1 Å². The van der Waals surface area contributed by atoms with E-state index < -0.39 is 60.2 Å². The normalized spacial score (nSPS) is 18.6. The third-order valence-corrected chi connectivity index (χ3v) is 12.2. The van der Waals surface area contributed by atoms with Crippen LogP contribution in [0.25, 0.3) is 0 Å². The SMILES string of the molecule is CC[C@H](C)[C@@H]([C@@H](CC(=O)N1CCC[C@H]1[C@H](OC)[C@@H](C)C(=O)N[C@@H](Cc1ccccc1)C(=O)O)OC)N(C)C(=O)[C@@H](NC(=O)[C@H](C(C)C)N(C)CCCNSC)C(C)C. The van der Waals surface area contributed by atoms with Crippen LogP contribution in [0.4, 0.5) is 0 Å². The first-order chi connectivity index (χ1) is 27.4. The van der Waals surface area contributed by atoms with Crippen molar-refractivity contribution in [3.63, 3.8) is 0 Å². The van der Waals surface area contributed by atoms with Crippen LogP contribution in [-0.2, 0) is 39.9 Å². The van der Waals surface area contributed by atoms with Gasteiger partial charge in [-0.25, -0.2) is 4.79 Å². The van der Waals surface area contributed by atoms with Gasteiger partial charge in [0.15, 0.2) is 0 Å². The van der Waals surface area contributed by atoms with Gasteiger partial charge in [-0.3, -0.25) is 28.8 Å². The van der Waals surface area contributed by atoms with Gasteiger partial charge in [0.25, 0.3) is 0 Å². The van der Waals surface area contributed by atoms with Crippen molar-refractivity contribution in [1.82, 2.24) is 30.1 Å². The molecule has 9 atom stereocenters. The fourth-order valence-corrected chi connectivity index (χ4v) is 8.63. The second kappa shape index (κ2) is 25.4. The van der Waals surface area contributed by atoms with Crippen LogP contribution in [0.1, 0.15) is 86.1 Å². The predicted molar refractivity (Wildman–Crippen MR) is 230 cm³/mol. The number of aliphatic carboxylic acids is 1. The molecule has 14 nitrogen and oxygen atoms in total. The molecule has 1 heterocycles. The lowest BCUT2D eigenvalue weighted by molar-refractivity contribution is -0.148. The number of methoxy groups -OCH3 is 2. The summed E-state index contributed by atoms with van der Waals surface area (Å²) in [6.07, 6.45) is 3.64. The molecule has 0 bridgehead atoms. The number of ether oxygens (including phenoxy) is 2. The maximum atomic E-state index is 14.4. The number of nitrogens with zero attached hydrogens (tertiary/aromatic N) is 3. The number of likely N-dealkylation sites (tertiary alicyclic amines) is 1. The molecule has 0 unspecified atom stereocenters. The quantitative estimate of drug-likeness (QED) is 0.0785. The summed E-state index contributed by atoms with van der Waals surface area (Å²) < 4.78 is 15.2. The van der Waals surface area contributed by atoms with E-state index in [2.05, 4.69) is 15.4 Å². The number of carbonyl (C=O) groups is 5. The van der Waals surface area contributed by atoms with Gasteiger partial charge >= 0.3 is 5.97 Å². The molecule has 4 N–H and O–H groups in total. The zero-order valence-electron chi connectivity index (χ0n) is 37.2. The van der Waals surface area contributed by atoms with E-state index in [1.165, 1.54) is 7.11 Å². The summed E-state index contributed by atoms with van der Waals surface area (Å²) in [7, 11) is 6.72. The molecule has 0 aliphatic carbocycles. The Morgan fingerprint density at radius 2 is 1.60 bits per heavy atom. The Morgan fingerprint density at radius 1 is 0.948 bits per heavy atom. The zero-order valence-corrected chi connectivity index (χ0v) is 38.0. The van der Waals surface area contributed by atoms with Gasteiger partial charge in [-0.2, -0.15) is 0 Å². The first kappa shape index (κ1) is 50.9. The van der Waals surface area contributed by atoms with E-state index >= 15 is 0 Å². The van der Waals surface area contributed by atoms with Crippen molar-refractivity contribution in [1.29, 1.82) is 0 Å². The monoisotopic (exact) mass is 835 g/mol. The molecule has 4 amide bonds. The highest BCUT2D eigenvalue weighted by Crippen LogP contribution is 2.30. The Labute approximate surface area is 352 Å². The van der Waals surface area contributed by atoms with Crippen LogP contribution in [0.15, 0.2) is 30.3 Å². The smallest absolute Gasteiger partial charge is 0.326 e. The average molecular weight is 835 g/mol. The van der Waals surface area contributed by atoms with Crippen molar-refractivity contribution in [3.8, 4) is 0 Å². The van der Waals surface area contributed by atoms with Crippen molar-refractivity contribution in [3.05, 3.63) is 35.9 Å². The number of carboxylic acids is 1. The van der Waals surface area contributed by atoms with E-state index in [0.717, 1.165) is 25.1 Å². The fraction of sp³-hybridized carbons (Fsp3) is 0.744. The van der Waals surface area contributed by atoms with Gasteiger partial charge in [-0.05, 0) is 62.4 Å². The number of rotatable bonds is 26. The second-order valence-electron chi connectivity index (χ2n) is 16.5. The van der Waals surface area contributed by atoms with E-state index in [9.17, 15) is 29.1 Å². The molecule has 1 aromatic rings. The lowest BCUT2D eigenvalue weighted by Gasteiger charge is -2.41. The third kappa shape index (κ3) is 14.5. The number of carboxylic acid groups (broad SMARTS) is 1. The second-order valence-corrected chi connectivity index (χ2v) is 17.2. The summed E-state index contributed by atoms with van der Waals surface area (Å²) in [5.41, 5.74) is 0.785. The molecule has 1 saturated heterocycles. The number of likely N-dealkylation sites (N-methyl/N-ethyl adjacent to an activating group) is 2. The van der Waals surface area contributed by atoms with Crippen molar-refractivity contribution in [2.45, 2.75) is 129 Å². The van der Waals surface area contributed by atoms with Crippen molar-refractivity contribution < 1.29 is 38.6 Å². The van der Waals surface area contributed by atoms with E-state index in [-0.39, 0.29) is 48.3 Å². The summed E-state index contributed by atoms with van der Waals surface area (Å²) in [4.78, 5) is 73.7. The zero-order chi connectivity index (χ0) is 43.7. The van der Waals surface area contributed by atoms with Crippen LogP contribution in [0.2, 0.25) is 0 Å². The summed E-state index contributed by atoms with van der Waals surface area (Å²) >= 11 is 1.56. The number of hydrogen-bond donors (Lipinski definition) is 4. The topological polar surface area (TPSA) is 170 Å². The molecule has 1 aromatic carbocycles. The highest BCUT2D eigenvalue weighted by Gasteiger charge is 2.43. The Balaban J connectivity index is 2.26. The molecular formula is C43H74N6O8S. The number of amides is 4. The molecule has 0 spiro atoms. The predicted octanol–water partition coefficient (Wildman–Crippen LogP) is 4.07.